The quantitative estimate of drug-likeness (QED) is 0.770. The molecule has 0 unspecified atom stereocenters. The van der Waals surface area contributed by atoms with E-state index in [9.17, 15) is 13.2 Å². The number of rotatable bonds is 7. The predicted octanol–water partition coefficient (Wildman–Crippen LogP) is 0.793. The van der Waals surface area contributed by atoms with Gasteiger partial charge in [-0.2, -0.15) is 0 Å². The van der Waals surface area contributed by atoms with Crippen molar-refractivity contribution in [1.29, 1.82) is 0 Å². The third-order valence-electron chi connectivity index (χ3n) is 3.57. The maximum Gasteiger partial charge on any atom is 0.279 e. The molecule has 0 aliphatic heterocycles. The molecule has 2 rings (SSSR count). The SMILES string of the molecule is C[C@H]([NH2+]CC(=O)Nc1ccc(S(=O)(=O)N(C)C)cc1)c1ccco1. The van der Waals surface area contributed by atoms with Gasteiger partial charge in [0.25, 0.3) is 5.91 Å². The van der Waals surface area contributed by atoms with Crippen molar-refractivity contribution in [2.24, 2.45) is 0 Å². The number of benzene rings is 1. The molecule has 0 aliphatic carbocycles. The van der Waals surface area contributed by atoms with Crippen molar-refractivity contribution in [2.75, 3.05) is 26.0 Å². The van der Waals surface area contributed by atoms with Gasteiger partial charge in [-0.3, -0.25) is 4.79 Å². The highest BCUT2D eigenvalue weighted by Crippen LogP contribution is 2.16. The number of nitrogens with zero attached hydrogens (tertiary/aromatic N) is 1. The number of amides is 1. The molecule has 130 valence electrons. The molecule has 3 N–H and O–H groups in total. The van der Waals surface area contributed by atoms with Crippen molar-refractivity contribution in [3.63, 3.8) is 0 Å². The molecular formula is C16H22N3O4S+. The van der Waals surface area contributed by atoms with Gasteiger partial charge in [0.2, 0.25) is 10.0 Å². The maximum absolute atomic E-state index is 12.0. The number of hydrogen-bond donors (Lipinski definition) is 2. The molecule has 0 fully saturated rings. The zero-order valence-corrected chi connectivity index (χ0v) is 14.7. The van der Waals surface area contributed by atoms with Gasteiger partial charge in [0.15, 0.2) is 12.3 Å². The fourth-order valence-corrected chi connectivity index (χ4v) is 2.99. The largest absolute Gasteiger partial charge is 0.463 e. The molecule has 8 heteroatoms. The summed E-state index contributed by atoms with van der Waals surface area (Å²) in [5.41, 5.74) is 0.553. The van der Waals surface area contributed by atoms with Crippen LogP contribution in [-0.2, 0) is 14.8 Å². The van der Waals surface area contributed by atoms with Crippen LogP contribution in [-0.4, -0.2) is 39.3 Å². The van der Waals surface area contributed by atoms with Gasteiger partial charge in [0, 0.05) is 19.8 Å². The van der Waals surface area contributed by atoms with Crippen LogP contribution in [0.1, 0.15) is 18.7 Å². The zero-order chi connectivity index (χ0) is 17.7. The minimum Gasteiger partial charge on any atom is -0.463 e. The van der Waals surface area contributed by atoms with E-state index in [2.05, 4.69) is 5.32 Å². The van der Waals surface area contributed by atoms with E-state index >= 15 is 0 Å². The molecule has 0 radical (unpaired) electrons. The van der Waals surface area contributed by atoms with Gasteiger partial charge >= 0.3 is 0 Å². The molecule has 0 saturated carbocycles. The van der Waals surface area contributed by atoms with Crippen LogP contribution in [0.2, 0.25) is 0 Å². The van der Waals surface area contributed by atoms with Crippen molar-refractivity contribution in [1.82, 2.24) is 4.31 Å². The first-order chi connectivity index (χ1) is 11.3. The third-order valence-corrected chi connectivity index (χ3v) is 5.39. The molecule has 0 aliphatic rings. The molecule has 7 nitrogen and oxygen atoms in total. The molecule has 2 aromatic rings. The topological polar surface area (TPSA) is 96.2 Å². The van der Waals surface area contributed by atoms with E-state index in [1.54, 1.807) is 18.4 Å². The summed E-state index contributed by atoms with van der Waals surface area (Å²) in [5.74, 6) is 0.637. The van der Waals surface area contributed by atoms with E-state index in [0.29, 0.717) is 5.69 Å². The van der Waals surface area contributed by atoms with Crippen LogP contribution in [0.3, 0.4) is 0 Å². The molecular weight excluding hydrogens is 330 g/mol. The average Bonchev–Trinajstić information content (AvgIpc) is 3.07. The summed E-state index contributed by atoms with van der Waals surface area (Å²) in [6.45, 7) is 2.19. The number of carbonyl (C=O) groups is 1. The van der Waals surface area contributed by atoms with Gasteiger partial charge in [-0.15, -0.1) is 0 Å². The molecule has 1 amide bonds. The van der Waals surface area contributed by atoms with Crippen LogP contribution in [0.25, 0.3) is 0 Å². The van der Waals surface area contributed by atoms with Gasteiger partial charge < -0.3 is 15.1 Å². The fraction of sp³-hybridized carbons (Fsp3) is 0.312. The van der Waals surface area contributed by atoms with Crippen molar-refractivity contribution < 1.29 is 22.9 Å². The van der Waals surface area contributed by atoms with Crippen LogP contribution >= 0.6 is 0 Å². The number of hydrogen-bond acceptors (Lipinski definition) is 4. The Labute approximate surface area is 141 Å². The van der Waals surface area contributed by atoms with Crippen LogP contribution in [0.15, 0.2) is 52.0 Å². The Morgan fingerprint density at radius 2 is 1.92 bits per heavy atom. The van der Waals surface area contributed by atoms with Crippen molar-refractivity contribution in [3.8, 4) is 0 Å². The summed E-state index contributed by atoms with van der Waals surface area (Å²) in [6, 6.07) is 9.80. The Morgan fingerprint density at radius 1 is 1.25 bits per heavy atom. The van der Waals surface area contributed by atoms with Gasteiger partial charge in [-0.1, -0.05) is 0 Å². The predicted molar refractivity (Wildman–Crippen MR) is 89.9 cm³/mol. The Hall–Kier alpha value is -2.16. The minimum absolute atomic E-state index is 0.0401. The molecule has 1 aromatic heterocycles. The fourth-order valence-electron chi connectivity index (χ4n) is 2.08. The summed E-state index contributed by atoms with van der Waals surface area (Å²) in [7, 11) is -0.518. The average molecular weight is 352 g/mol. The number of furan rings is 1. The van der Waals surface area contributed by atoms with Crippen LogP contribution in [0.5, 0.6) is 0 Å². The second-order valence-corrected chi connectivity index (χ2v) is 7.76. The molecule has 0 saturated heterocycles. The lowest BCUT2D eigenvalue weighted by atomic mass is 10.2. The molecule has 24 heavy (non-hydrogen) atoms. The number of nitrogens with one attached hydrogen (secondary N) is 1. The summed E-state index contributed by atoms with van der Waals surface area (Å²) < 4.78 is 30.4. The highest BCUT2D eigenvalue weighted by atomic mass is 32.2. The highest BCUT2D eigenvalue weighted by Gasteiger charge is 2.17. The van der Waals surface area contributed by atoms with E-state index in [1.165, 1.54) is 26.2 Å². The highest BCUT2D eigenvalue weighted by molar-refractivity contribution is 7.89. The van der Waals surface area contributed by atoms with Crippen LogP contribution in [0, 0.1) is 0 Å². The monoisotopic (exact) mass is 352 g/mol. The Morgan fingerprint density at radius 3 is 2.46 bits per heavy atom. The van der Waals surface area contributed by atoms with Gasteiger partial charge in [-0.25, -0.2) is 12.7 Å². The minimum atomic E-state index is -3.46. The molecule has 0 bridgehead atoms. The van der Waals surface area contributed by atoms with Crippen molar-refractivity contribution in [3.05, 3.63) is 48.4 Å². The summed E-state index contributed by atoms with van der Waals surface area (Å²) in [5, 5.41) is 4.60. The zero-order valence-electron chi connectivity index (χ0n) is 13.9. The number of sulfonamides is 1. The molecule has 1 aromatic carbocycles. The Bertz CT molecular complexity index is 768. The number of nitrogens with two attached hydrogens (primary N) is 1. The van der Waals surface area contributed by atoms with Gasteiger partial charge in [0.1, 0.15) is 6.04 Å². The first-order valence-electron chi connectivity index (χ1n) is 7.50. The third kappa shape index (κ3) is 4.44. The number of carbonyl (C=O) groups excluding carboxylic acids is 1. The molecule has 1 heterocycles. The smallest absolute Gasteiger partial charge is 0.279 e. The van der Waals surface area contributed by atoms with E-state index in [1.807, 2.05) is 24.4 Å². The van der Waals surface area contributed by atoms with E-state index in [-0.39, 0.29) is 23.4 Å². The van der Waals surface area contributed by atoms with Gasteiger partial charge in [0.05, 0.1) is 11.2 Å². The lowest BCUT2D eigenvalue weighted by Gasteiger charge is -2.12. The first kappa shape index (κ1) is 18.2. The summed E-state index contributed by atoms with van der Waals surface area (Å²) in [6.07, 6.45) is 1.60. The van der Waals surface area contributed by atoms with E-state index in [4.69, 9.17) is 4.42 Å². The molecule has 0 spiro atoms. The Kier molecular flexibility index (Phi) is 5.76. The summed E-state index contributed by atoms with van der Waals surface area (Å²) >= 11 is 0. The van der Waals surface area contributed by atoms with E-state index in [0.717, 1.165) is 10.1 Å². The number of anilines is 1. The van der Waals surface area contributed by atoms with Gasteiger partial charge in [-0.05, 0) is 43.3 Å². The summed E-state index contributed by atoms with van der Waals surface area (Å²) in [4.78, 5) is 12.2. The second kappa shape index (κ2) is 7.61. The maximum atomic E-state index is 12.0. The second-order valence-electron chi connectivity index (χ2n) is 5.60. The van der Waals surface area contributed by atoms with Crippen LogP contribution in [0.4, 0.5) is 5.69 Å². The molecule has 1 atom stereocenters. The Balaban J connectivity index is 1.90. The van der Waals surface area contributed by atoms with E-state index < -0.39 is 10.0 Å². The number of quaternary nitrogens is 1. The lowest BCUT2D eigenvalue weighted by molar-refractivity contribution is -0.684. The van der Waals surface area contributed by atoms with Crippen molar-refractivity contribution in [2.45, 2.75) is 17.9 Å². The van der Waals surface area contributed by atoms with Crippen molar-refractivity contribution >= 4 is 21.6 Å². The normalized spacial score (nSPS) is 13.0. The van der Waals surface area contributed by atoms with Crippen LogP contribution < -0.4 is 10.6 Å². The standard InChI is InChI=1S/C16H21N3O4S/c1-12(15-5-4-10-23-15)17-11-16(20)18-13-6-8-14(9-7-13)24(21,22)19(2)3/h4-10,12,17H,11H2,1-3H3,(H,18,20)/p+1/t12-/m0/s1. The first-order valence-corrected chi connectivity index (χ1v) is 8.94. The lowest BCUT2D eigenvalue weighted by Crippen LogP contribution is -2.86.